The molecule has 24 heavy (non-hydrogen) atoms. The van der Waals surface area contributed by atoms with E-state index < -0.39 is 7.95 Å². The molecule has 0 aliphatic carbocycles. The van der Waals surface area contributed by atoms with E-state index in [1.165, 1.54) is 19.3 Å². The maximum atomic E-state index is 5.57. The maximum Gasteiger partial charge on any atom is 0.346 e. The molecule has 4 nitrogen and oxygen atoms in total. The van der Waals surface area contributed by atoms with Gasteiger partial charge in [0, 0.05) is 31.2 Å². The second-order valence-electron chi connectivity index (χ2n) is 8.97. The van der Waals surface area contributed by atoms with Crippen molar-refractivity contribution in [2.75, 3.05) is 0 Å². The highest BCUT2D eigenvalue weighted by Gasteiger charge is 2.35. The highest BCUT2D eigenvalue weighted by Crippen LogP contribution is 2.20. The predicted octanol–water partition coefficient (Wildman–Crippen LogP) is 3.53. The van der Waals surface area contributed by atoms with E-state index in [4.69, 9.17) is 25.4 Å². The lowest BCUT2D eigenvalue weighted by atomic mass is 9.83. The van der Waals surface area contributed by atoms with Gasteiger partial charge in [0.25, 0.3) is 0 Å². The second kappa shape index (κ2) is 9.93. The van der Waals surface area contributed by atoms with Crippen molar-refractivity contribution in [1.82, 2.24) is 0 Å². The molecule has 2 N–H and O–H groups in total. The Bertz CT molecular complexity index is 320. The van der Waals surface area contributed by atoms with Gasteiger partial charge in [0.1, 0.15) is 0 Å². The van der Waals surface area contributed by atoms with Crippen LogP contribution in [0.2, 0.25) is 0 Å². The molecule has 0 amide bonds. The van der Waals surface area contributed by atoms with E-state index >= 15 is 0 Å². The van der Waals surface area contributed by atoms with E-state index in [0.29, 0.717) is 11.1 Å². The molecular formula is C18H41NO3SSi. The van der Waals surface area contributed by atoms with Gasteiger partial charge in [0.2, 0.25) is 0 Å². The summed E-state index contributed by atoms with van der Waals surface area (Å²) in [5, 5.41) is 2.52. The van der Waals surface area contributed by atoms with Gasteiger partial charge in [0.05, 0.1) is 11.1 Å². The average Bonchev–Trinajstić information content (AvgIpc) is 2.20. The van der Waals surface area contributed by atoms with Crippen LogP contribution in [0, 0.1) is 0 Å². The van der Waals surface area contributed by atoms with E-state index in [0.717, 1.165) is 0 Å². The van der Waals surface area contributed by atoms with Crippen LogP contribution in [0.5, 0.6) is 0 Å². The molecule has 0 radical (unpaired) electrons. The van der Waals surface area contributed by atoms with Crippen molar-refractivity contribution in [3.05, 3.63) is 0 Å². The lowest BCUT2D eigenvalue weighted by Crippen LogP contribution is -3.04. The van der Waals surface area contributed by atoms with Crippen LogP contribution >= 0.6 is 0 Å². The lowest BCUT2D eigenvalue weighted by molar-refractivity contribution is -0.787. The number of nitrogens with two attached hydrogens (primary N) is 1. The SMILES string of the molecule is CC(C)O[Si]([S-])(OC(C)C)OC(C)C.CC1(C)CCCC(C)(C)[NH2+]1. The number of rotatable bonds is 6. The minimum atomic E-state index is -2.86. The Hall–Kier alpha value is 0.407. The Labute approximate surface area is 156 Å². The molecule has 1 rings (SSSR count). The normalized spacial score (nSPS) is 20.2. The molecule has 0 aromatic rings. The second-order valence-corrected chi connectivity index (χ2v) is 12.2. The minimum absolute atomic E-state index is 0.0386. The topological polar surface area (TPSA) is 44.3 Å². The predicted molar refractivity (Wildman–Crippen MR) is 106 cm³/mol. The van der Waals surface area contributed by atoms with Gasteiger partial charge >= 0.3 is 7.95 Å². The van der Waals surface area contributed by atoms with Gasteiger partial charge in [-0.05, 0) is 75.7 Å². The van der Waals surface area contributed by atoms with E-state index in [1.54, 1.807) is 0 Å². The van der Waals surface area contributed by atoms with Gasteiger partial charge in [-0.2, -0.15) is 0 Å². The van der Waals surface area contributed by atoms with Crippen molar-refractivity contribution in [3.63, 3.8) is 0 Å². The summed E-state index contributed by atoms with van der Waals surface area (Å²) >= 11 is 5.30. The van der Waals surface area contributed by atoms with Crippen LogP contribution in [0.25, 0.3) is 0 Å². The van der Waals surface area contributed by atoms with Crippen molar-refractivity contribution in [2.45, 2.75) is 118 Å². The largest absolute Gasteiger partial charge is 0.708 e. The lowest BCUT2D eigenvalue weighted by Gasteiger charge is -2.40. The van der Waals surface area contributed by atoms with E-state index in [-0.39, 0.29) is 18.3 Å². The molecular weight excluding hydrogens is 338 g/mol. The molecule has 0 aromatic carbocycles. The Balaban J connectivity index is 0.000000463. The molecule has 1 fully saturated rings. The van der Waals surface area contributed by atoms with Crippen molar-refractivity contribution < 1.29 is 18.6 Å². The average molecular weight is 380 g/mol. The molecule has 1 heterocycles. The van der Waals surface area contributed by atoms with Crippen molar-refractivity contribution >= 4 is 20.0 Å². The quantitative estimate of drug-likeness (QED) is 0.566. The Morgan fingerprint density at radius 3 is 1.21 bits per heavy atom. The molecule has 146 valence electrons. The highest BCUT2D eigenvalue weighted by atomic mass is 32.3. The maximum absolute atomic E-state index is 5.57. The zero-order valence-corrected chi connectivity index (χ0v) is 19.4. The summed E-state index contributed by atoms with van der Waals surface area (Å²) in [6, 6.07) is 0. The Morgan fingerprint density at radius 1 is 0.750 bits per heavy atom. The fourth-order valence-electron chi connectivity index (χ4n) is 3.15. The third-order valence-electron chi connectivity index (χ3n) is 3.56. The molecule has 1 aliphatic rings. The fraction of sp³-hybridized carbons (Fsp3) is 1.00. The standard InChI is InChI=1S/C9H19N.C9H21O3SSi/c1-8(2)6-5-7-9(3,4)10-8;1-7(2)10-14(13,11-8(3)4)12-9(5)6/h10H,5-7H2,1-4H3;7-9H,1-6H3/q;-1/p+1. The summed E-state index contributed by atoms with van der Waals surface area (Å²) < 4.78 is 16.7. The summed E-state index contributed by atoms with van der Waals surface area (Å²) in [5.74, 6) is 0. The molecule has 6 heteroatoms. The van der Waals surface area contributed by atoms with Crippen LogP contribution in [-0.4, -0.2) is 37.3 Å². The summed E-state index contributed by atoms with van der Waals surface area (Å²) in [4.78, 5) is 0. The summed E-state index contributed by atoms with van der Waals surface area (Å²) in [6.07, 6.45) is 4.26. The van der Waals surface area contributed by atoms with E-state index in [2.05, 4.69) is 33.0 Å². The molecule has 1 saturated heterocycles. The highest BCUT2D eigenvalue weighted by molar-refractivity contribution is 7.94. The molecule has 0 spiro atoms. The van der Waals surface area contributed by atoms with Gasteiger partial charge in [0.15, 0.2) is 0 Å². The summed E-state index contributed by atoms with van der Waals surface area (Å²) in [6.45, 7) is 21.0. The Kier molecular flexibility index (Phi) is 10.1. The first-order chi connectivity index (χ1) is 10.7. The smallest absolute Gasteiger partial charge is 0.346 e. The van der Waals surface area contributed by atoms with Gasteiger partial charge in [-0.25, -0.2) is 0 Å². The van der Waals surface area contributed by atoms with Crippen LogP contribution in [0.3, 0.4) is 0 Å². The van der Waals surface area contributed by atoms with Crippen LogP contribution in [0.1, 0.15) is 88.5 Å². The molecule has 0 aromatic heterocycles. The number of quaternary nitrogens is 1. The Morgan fingerprint density at radius 2 is 1.04 bits per heavy atom. The first kappa shape index (κ1) is 24.4. The molecule has 1 aliphatic heterocycles. The van der Waals surface area contributed by atoms with Crippen LogP contribution in [0.15, 0.2) is 0 Å². The zero-order valence-electron chi connectivity index (χ0n) is 17.6. The third-order valence-corrected chi connectivity index (χ3v) is 6.71. The molecule has 0 saturated carbocycles. The van der Waals surface area contributed by atoms with Crippen molar-refractivity contribution in [2.24, 2.45) is 0 Å². The van der Waals surface area contributed by atoms with Crippen LogP contribution in [-0.2, 0) is 25.4 Å². The summed E-state index contributed by atoms with van der Waals surface area (Å²) in [7, 11) is -2.86. The van der Waals surface area contributed by atoms with Crippen LogP contribution in [0.4, 0.5) is 0 Å². The fourth-order valence-corrected chi connectivity index (χ4v) is 6.78. The van der Waals surface area contributed by atoms with Gasteiger partial charge in [-0.15, -0.1) is 0 Å². The van der Waals surface area contributed by atoms with Crippen molar-refractivity contribution in [1.29, 1.82) is 0 Å². The summed E-state index contributed by atoms with van der Waals surface area (Å²) in [5.41, 5.74) is 0.976. The van der Waals surface area contributed by atoms with Crippen LogP contribution < -0.4 is 5.32 Å². The minimum Gasteiger partial charge on any atom is -0.708 e. The van der Waals surface area contributed by atoms with Gasteiger partial charge in [-0.1, -0.05) is 0 Å². The van der Waals surface area contributed by atoms with E-state index in [1.807, 2.05) is 41.5 Å². The monoisotopic (exact) mass is 379 g/mol. The van der Waals surface area contributed by atoms with Crippen molar-refractivity contribution in [3.8, 4) is 0 Å². The van der Waals surface area contributed by atoms with Gasteiger partial charge in [-0.3, -0.25) is 0 Å². The number of piperidine rings is 1. The third kappa shape index (κ3) is 11.9. The number of hydrogen-bond acceptors (Lipinski definition) is 4. The van der Waals surface area contributed by atoms with Gasteiger partial charge < -0.3 is 30.7 Å². The zero-order chi connectivity index (χ0) is 19.2. The van der Waals surface area contributed by atoms with E-state index in [9.17, 15) is 0 Å². The first-order valence-electron chi connectivity index (χ1n) is 9.27. The molecule has 0 atom stereocenters. The first-order valence-corrected chi connectivity index (χ1v) is 12.1. The molecule has 0 bridgehead atoms. The number of hydrogen-bond donors (Lipinski definition) is 1. The molecule has 0 unspecified atom stereocenters.